The number of anilines is 1. The second-order valence-electron chi connectivity index (χ2n) is 5.05. The summed E-state index contributed by atoms with van der Waals surface area (Å²) < 4.78 is 0. The van der Waals surface area contributed by atoms with E-state index in [1.165, 1.54) is 4.80 Å². The normalized spacial score (nSPS) is 10.6. The molecule has 6 heteroatoms. The van der Waals surface area contributed by atoms with Gasteiger partial charge in [0.25, 0.3) is 0 Å². The van der Waals surface area contributed by atoms with Crippen LogP contribution in [-0.2, 0) is 6.54 Å². The fourth-order valence-corrected chi connectivity index (χ4v) is 2.02. The van der Waals surface area contributed by atoms with Gasteiger partial charge in [-0.1, -0.05) is 29.8 Å². The Labute approximate surface area is 127 Å². The lowest BCUT2D eigenvalue weighted by Crippen LogP contribution is -2.13. The van der Waals surface area contributed by atoms with Crippen molar-refractivity contribution in [2.24, 2.45) is 0 Å². The molecule has 2 aromatic carbocycles. The fourth-order valence-electron chi connectivity index (χ4n) is 2.02. The van der Waals surface area contributed by atoms with Crippen molar-refractivity contribution in [3.8, 4) is 11.4 Å². The zero-order valence-corrected chi connectivity index (χ0v) is 12.1. The van der Waals surface area contributed by atoms with E-state index in [2.05, 4.69) is 15.4 Å². The third kappa shape index (κ3) is 3.01. The van der Waals surface area contributed by atoms with Crippen LogP contribution < -0.4 is 5.73 Å². The highest BCUT2D eigenvalue weighted by Crippen LogP contribution is 2.15. The topological polar surface area (TPSA) is 86.7 Å². The van der Waals surface area contributed by atoms with Gasteiger partial charge in [-0.3, -0.25) is 4.79 Å². The summed E-state index contributed by atoms with van der Waals surface area (Å²) in [7, 11) is 0. The van der Waals surface area contributed by atoms with Crippen LogP contribution in [0.1, 0.15) is 15.9 Å². The van der Waals surface area contributed by atoms with E-state index in [0.29, 0.717) is 17.1 Å². The van der Waals surface area contributed by atoms with Gasteiger partial charge >= 0.3 is 0 Å². The molecule has 22 heavy (non-hydrogen) atoms. The van der Waals surface area contributed by atoms with E-state index >= 15 is 0 Å². The van der Waals surface area contributed by atoms with Crippen LogP contribution in [0.2, 0.25) is 0 Å². The number of benzene rings is 2. The Morgan fingerprint density at radius 3 is 2.45 bits per heavy atom. The molecule has 0 atom stereocenters. The predicted octanol–water partition coefficient (Wildman–Crippen LogP) is 2.11. The summed E-state index contributed by atoms with van der Waals surface area (Å²) in [6.45, 7) is 2.04. The average Bonchev–Trinajstić information content (AvgIpc) is 2.97. The Bertz CT molecular complexity index is 790. The number of hydrogen-bond donors (Lipinski definition) is 1. The summed E-state index contributed by atoms with van der Waals surface area (Å²) in [6, 6.07) is 14.6. The molecule has 0 aliphatic heterocycles. The molecule has 0 unspecified atom stereocenters. The minimum absolute atomic E-state index is 0.0544. The zero-order chi connectivity index (χ0) is 15.5. The first-order chi connectivity index (χ1) is 10.6. The number of nitrogen functional groups attached to an aromatic ring is 1. The third-order valence-corrected chi connectivity index (χ3v) is 3.28. The molecule has 3 rings (SSSR count). The van der Waals surface area contributed by atoms with Gasteiger partial charge in [0, 0.05) is 16.8 Å². The van der Waals surface area contributed by atoms with Crippen LogP contribution in [0, 0.1) is 6.92 Å². The maximum Gasteiger partial charge on any atom is 0.204 e. The van der Waals surface area contributed by atoms with E-state index in [9.17, 15) is 4.79 Å². The van der Waals surface area contributed by atoms with E-state index in [0.717, 1.165) is 11.1 Å². The quantitative estimate of drug-likeness (QED) is 0.588. The molecule has 0 radical (unpaired) electrons. The number of Topliss-reactive ketones (excluding diaryl/α,β-unsaturated/α-hetero) is 1. The monoisotopic (exact) mass is 293 g/mol. The van der Waals surface area contributed by atoms with Crippen LogP contribution in [0.4, 0.5) is 5.69 Å². The van der Waals surface area contributed by atoms with Gasteiger partial charge in [-0.2, -0.15) is 4.80 Å². The average molecular weight is 293 g/mol. The summed E-state index contributed by atoms with van der Waals surface area (Å²) in [4.78, 5) is 13.5. The molecule has 0 saturated carbocycles. The molecule has 1 heterocycles. The molecule has 0 spiro atoms. The van der Waals surface area contributed by atoms with Gasteiger partial charge < -0.3 is 5.73 Å². The number of tetrazole rings is 1. The van der Waals surface area contributed by atoms with Crippen LogP contribution in [0.3, 0.4) is 0 Å². The molecule has 0 aliphatic rings. The van der Waals surface area contributed by atoms with Gasteiger partial charge in [0.1, 0.15) is 6.54 Å². The number of nitrogens with zero attached hydrogens (tertiary/aromatic N) is 4. The largest absolute Gasteiger partial charge is 0.399 e. The summed E-state index contributed by atoms with van der Waals surface area (Å²) in [5, 5.41) is 12.1. The molecule has 110 valence electrons. The van der Waals surface area contributed by atoms with E-state index in [4.69, 9.17) is 5.73 Å². The van der Waals surface area contributed by atoms with Gasteiger partial charge in [-0.15, -0.1) is 10.2 Å². The van der Waals surface area contributed by atoms with Gasteiger partial charge in [-0.25, -0.2) is 0 Å². The molecule has 6 nitrogen and oxygen atoms in total. The van der Waals surface area contributed by atoms with Gasteiger partial charge in [0.2, 0.25) is 5.82 Å². The first kappa shape index (κ1) is 13.9. The van der Waals surface area contributed by atoms with Crippen LogP contribution >= 0.6 is 0 Å². The third-order valence-electron chi connectivity index (χ3n) is 3.28. The summed E-state index contributed by atoms with van der Waals surface area (Å²) in [5.41, 5.74) is 8.87. The van der Waals surface area contributed by atoms with Crippen molar-refractivity contribution in [2.75, 3.05) is 5.73 Å². The van der Waals surface area contributed by atoms with Crippen molar-refractivity contribution in [3.63, 3.8) is 0 Å². The molecule has 0 saturated heterocycles. The first-order valence-corrected chi connectivity index (χ1v) is 6.85. The second-order valence-corrected chi connectivity index (χ2v) is 5.05. The molecule has 1 aromatic heterocycles. The summed E-state index contributed by atoms with van der Waals surface area (Å²) >= 11 is 0. The Kier molecular flexibility index (Phi) is 3.65. The Morgan fingerprint density at radius 2 is 1.77 bits per heavy atom. The highest BCUT2D eigenvalue weighted by atomic mass is 16.1. The highest BCUT2D eigenvalue weighted by Gasteiger charge is 2.11. The maximum atomic E-state index is 12.2. The Balaban J connectivity index is 1.75. The van der Waals surface area contributed by atoms with Crippen LogP contribution in [0.15, 0.2) is 48.5 Å². The van der Waals surface area contributed by atoms with Crippen molar-refractivity contribution < 1.29 is 4.79 Å². The van der Waals surface area contributed by atoms with Crippen LogP contribution in [-0.4, -0.2) is 26.0 Å². The van der Waals surface area contributed by atoms with E-state index < -0.39 is 0 Å². The molecule has 0 amide bonds. The number of rotatable bonds is 4. The van der Waals surface area contributed by atoms with Gasteiger partial charge in [0.05, 0.1) is 0 Å². The van der Waals surface area contributed by atoms with Crippen LogP contribution in [0.5, 0.6) is 0 Å². The number of carbonyl (C=O) groups excluding carboxylic acids is 1. The lowest BCUT2D eigenvalue weighted by Gasteiger charge is -2.00. The molecule has 2 N–H and O–H groups in total. The van der Waals surface area contributed by atoms with Gasteiger partial charge in [-0.05, 0) is 36.4 Å². The minimum Gasteiger partial charge on any atom is -0.399 e. The highest BCUT2D eigenvalue weighted by molar-refractivity contribution is 5.95. The van der Waals surface area contributed by atoms with E-state index in [1.807, 2.05) is 31.2 Å². The van der Waals surface area contributed by atoms with E-state index in [1.54, 1.807) is 24.3 Å². The summed E-state index contributed by atoms with van der Waals surface area (Å²) in [6.07, 6.45) is 0. The van der Waals surface area contributed by atoms with Gasteiger partial charge in [0.15, 0.2) is 5.78 Å². The number of ketones is 1. The fraction of sp³-hybridized carbons (Fsp3) is 0.125. The number of aromatic nitrogens is 4. The Morgan fingerprint density at radius 1 is 1.09 bits per heavy atom. The number of aryl methyl sites for hydroxylation is 1. The molecular weight excluding hydrogens is 278 g/mol. The SMILES string of the molecule is Cc1ccc(C(=O)Cn2nnc(-c3ccc(N)cc3)n2)cc1. The molecule has 0 fully saturated rings. The summed E-state index contributed by atoms with van der Waals surface area (Å²) in [5.74, 6) is 0.415. The number of hydrogen-bond acceptors (Lipinski definition) is 5. The lowest BCUT2D eigenvalue weighted by atomic mass is 10.1. The predicted molar refractivity (Wildman–Crippen MR) is 83.2 cm³/mol. The van der Waals surface area contributed by atoms with Crippen molar-refractivity contribution >= 4 is 11.5 Å². The molecular formula is C16H15N5O. The minimum atomic E-state index is -0.0544. The first-order valence-electron chi connectivity index (χ1n) is 6.85. The van der Waals surface area contributed by atoms with Crippen molar-refractivity contribution in [2.45, 2.75) is 13.5 Å². The van der Waals surface area contributed by atoms with Crippen molar-refractivity contribution in [3.05, 3.63) is 59.7 Å². The van der Waals surface area contributed by atoms with Crippen molar-refractivity contribution in [1.29, 1.82) is 0 Å². The number of nitrogens with two attached hydrogens (primary N) is 1. The smallest absolute Gasteiger partial charge is 0.204 e. The standard InChI is InChI=1S/C16H15N5O/c1-11-2-4-12(5-3-11)15(22)10-21-19-16(18-20-21)13-6-8-14(17)9-7-13/h2-9H,10,17H2,1H3. The second kappa shape index (κ2) is 5.77. The van der Waals surface area contributed by atoms with E-state index in [-0.39, 0.29) is 12.3 Å². The molecule has 0 aliphatic carbocycles. The zero-order valence-electron chi connectivity index (χ0n) is 12.1. The maximum absolute atomic E-state index is 12.2. The van der Waals surface area contributed by atoms with Crippen LogP contribution in [0.25, 0.3) is 11.4 Å². The lowest BCUT2D eigenvalue weighted by molar-refractivity contribution is 0.0961. The number of carbonyl (C=O) groups is 1. The molecule has 0 bridgehead atoms. The Hall–Kier alpha value is -3.02. The molecule has 3 aromatic rings. The van der Waals surface area contributed by atoms with Crippen molar-refractivity contribution in [1.82, 2.24) is 20.2 Å².